The second-order valence-electron chi connectivity index (χ2n) is 3.81. The normalized spacial score (nSPS) is 10.4. The summed E-state index contributed by atoms with van der Waals surface area (Å²) >= 11 is 5.84. The number of ether oxygens (including phenoxy) is 1. The summed E-state index contributed by atoms with van der Waals surface area (Å²) in [5.41, 5.74) is 6.60. The van der Waals surface area contributed by atoms with E-state index in [-0.39, 0.29) is 12.4 Å². The summed E-state index contributed by atoms with van der Waals surface area (Å²) in [4.78, 5) is 3.86. The van der Waals surface area contributed by atoms with Crippen molar-refractivity contribution in [1.82, 2.24) is 4.98 Å². The highest BCUT2D eigenvalue weighted by Crippen LogP contribution is 2.28. The van der Waals surface area contributed by atoms with Gasteiger partial charge in [-0.2, -0.15) is 0 Å². The SMILES string of the molecule is Cc1cc(Cl)ccc1Oc1nccc(CN)c1F. The molecule has 0 unspecified atom stereocenters. The predicted molar refractivity (Wildman–Crippen MR) is 68.3 cm³/mol. The molecule has 0 spiro atoms. The number of pyridine rings is 1. The van der Waals surface area contributed by atoms with E-state index in [1.165, 1.54) is 12.3 Å². The van der Waals surface area contributed by atoms with E-state index in [0.717, 1.165) is 5.56 Å². The molecule has 3 nitrogen and oxygen atoms in total. The predicted octanol–water partition coefficient (Wildman–Crippen LogP) is 3.43. The Morgan fingerprint density at radius 3 is 2.83 bits per heavy atom. The van der Waals surface area contributed by atoms with Crippen molar-refractivity contribution in [1.29, 1.82) is 0 Å². The van der Waals surface area contributed by atoms with Gasteiger partial charge < -0.3 is 10.5 Å². The fraction of sp³-hybridized carbons (Fsp3) is 0.154. The number of nitrogens with zero attached hydrogens (tertiary/aromatic N) is 1. The average molecular weight is 267 g/mol. The van der Waals surface area contributed by atoms with Crippen LogP contribution in [0.1, 0.15) is 11.1 Å². The minimum Gasteiger partial charge on any atom is -0.436 e. The van der Waals surface area contributed by atoms with Crippen LogP contribution in [0.3, 0.4) is 0 Å². The molecule has 1 heterocycles. The zero-order valence-electron chi connectivity index (χ0n) is 9.78. The molecule has 0 amide bonds. The van der Waals surface area contributed by atoms with Crippen LogP contribution in [0.15, 0.2) is 30.5 Å². The number of rotatable bonds is 3. The van der Waals surface area contributed by atoms with Crippen molar-refractivity contribution in [2.24, 2.45) is 5.73 Å². The monoisotopic (exact) mass is 266 g/mol. The van der Waals surface area contributed by atoms with E-state index in [2.05, 4.69) is 4.98 Å². The Hall–Kier alpha value is -1.65. The lowest BCUT2D eigenvalue weighted by Gasteiger charge is -2.10. The largest absolute Gasteiger partial charge is 0.436 e. The third kappa shape index (κ3) is 2.60. The lowest BCUT2D eigenvalue weighted by Crippen LogP contribution is -2.03. The molecule has 0 bridgehead atoms. The molecule has 0 aliphatic heterocycles. The fourth-order valence-corrected chi connectivity index (χ4v) is 1.75. The van der Waals surface area contributed by atoms with Crippen molar-refractivity contribution < 1.29 is 9.13 Å². The molecule has 0 aliphatic rings. The van der Waals surface area contributed by atoms with Gasteiger partial charge in [-0.25, -0.2) is 9.37 Å². The molecule has 5 heteroatoms. The number of hydrogen-bond donors (Lipinski definition) is 1. The number of aryl methyl sites for hydroxylation is 1. The van der Waals surface area contributed by atoms with Gasteiger partial charge in [-0.3, -0.25) is 0 Å². The molecule has 0 fully saturated rings. The van der Waals surface area contributed by atoms with Gasteiger partial charge in [-0.1, -0.05) is 11.6 Å². The summed E-state index contributed by atoms with van der Waals surface area (Å²) in [6, 6.07) is 6.61. The lowest BCUT2D eigenvalue weighted by molar-refractivity contribution is 0.416. The maximum Gasteiger partial charge on any atom is 0.256 e. The van der Waals surface area contributed by atoms with Gasteiger partial charge in [0.1, 0.15) is 5.75 Å². The Kier molecular flexibility index (Phi) is 3.79. The maximum atomic E-state index is 13.9. The van der Waals surface area contributed by atoms with Crippen LogP contribution in [-0.4, -0.2) is 4.98 Å². The van der Waals surface area contributed by atoms with Crippen LogP contribution < -0.4 is 10.5 Å². The van der Waals surface area contributed by atoms with Crippen molar-refractivity contribution in [2.45, 2.75) is 13.5 Å². The van der Waals surface area contributed by atoms with Gasteiger partial charge in [-0.05, 0) is 36.8 Å². The number of hydrogen-bond acceptors (Lipinski definition) is 3. The first-order valence-corrected chi connectivity index (χ1v) is 5.77. The molecular weight excluding hydrogens is 255 g/mol. The third-order valence-electron chi connectivity index (χ3n) is 2.50. The zero-order chi connectivity index (χ0) is 13.1. The topological polar surface area (TPSA) is 48.1 Å². The van der Waals surface area contributed by atoms with E-state index >= 15 is 0 Å². The van der Waals surface area contributed by atoms with Gasteiger partial charge in [0.2, 0.25) is 0 Å². The maximum absolute atomic E-state index is 13.9. The fourth-order valence-electron chi connectivity index (χ4n) is 1.52. The highest BCUT2D eigenvalue weighted by Gasteiger charge is 2.11. The molecule has 2 rings (SSSR count). The summed E-state index contributed by atoms with van der Waals surface area (Å²) in [6.07, 6.45) is 1.46. The average Bonchev–Trinajstić information content (AvgIpc) is 2.35. The van der Waals surface area contributed by atoms with Gasteiger partial charge in [0.05, 0.1) is 0 Å². The highest BCUT2D eigenvalue weighted by atomic mass is 35.5. The molecule has 0 aliphatic carbocycles. The van der Waals surface area contributed by atoms with Crippen molar-refractivity contribution in [3.8, 4) is 11.6 Å². The Morgan fingerprint density at radius 2 is 2.17 bits per heavy atom. The zero-order valence-corrected chi connectivity index (χ0v) is 10.5. The molecule has 2 N–H and O–H groups in total. The van der Waals surface area contributed by atoms with E-state index < -0.39 is 5.82 Å². The van der Waals surface area contributed by atoms with Crippen LogP contribution >= 0.6 is 11.6 Å². The first kappa shape index (κ1) is 12.8. The summed E-state index contributed by atoms with van der Waals surface area (Å²) in [5, 5.41) is 0.601. The number of nitrogens with two attached hydrogens (primary N) is 1. The van der Waals surface area contributed by atoms with Gasteiger partial charge in [-0.15, -0.1) is 0 Å². The van der Waals surface area contributed by atoms with Crippen molar-refractivity contribution >= 4 is 11.6 Å². The molecule has 2 aromatic rings. The van der Waals surface area contributed by atoms with E-state index in [9.17, 15) is 4.39 Å². The van der Waals surface area contributed by atoms with Crippen molar-refractivity contribution in [3.05, 3.63) is 52.4 Å². The molecule has 0 saturated carbocycles. The van der Waals surface area contributed by atoms with Crippen molar-refractivity contribution in [3.63, 3.8) is 0 Å². The molecule has 1 aromatic carbocycles. The van der Waals surface area contributed by atoms with Crippen LogP contribution in [0.25, 0.3) is 0 Å². The van der Waals surface area contributed by atoms with Crippen LogP contribution in [0.5, 0.6) is 11.6 Å². The van der Waals surface area contributed by atoms with E-state index in [4.69, 9.17) is 22.1 Å². The quantitative estimate of drug-likeness (QED) is 0.926. The number of benzene rings is 1. The molecule has 0 atom stereocenters. The Bertz CT molecular complexity index is 575. The van der Waals surface area contributed by atoms with Gasteiger partial charge in [0.25, 0.3) is 5.88 Å². The Morgan fingerprint density at radius 1 is 1.39 bits per heavy atom. The number of aromatic nitrogens is 1. The number of halogens is 2. The first-order valence-electron chi connectivity index (χ1n) is 5.39. The molecule has 18 heavy (non-hydrogen) atoms. The highest BCUT2D eigenvalue weighted by molar-refractivity contribution is 6.30. The third-order valence-corrected chi connectivity index (χ3v) is 2.74. The van der Waals surface area contributed by atoms with E-state index in [1.54, 1.807) is 18.2 Å². The second-order valence-corrected chi connectivity index (χ2v) is 4.24. The summed E-state index contributed by atoms with van der Waals surface area (Å²) in [6.45, 7) is 1.93. The Balaban J connectivity index is 2.34. The molecule has 94 valence electrons. The van der Waals surface area contributed by atoms with Crippen LogP contribution in [-0.2, 0) is 6.54 Å². The molecule has 0 radical (unpaired) electrons. The van der Waals surface area contributed by atoms with Gasteiger partial charge in [0.15, 0.2) is 5.82 Å². The summed E-state index contributed by atoms with van der Waals surface area (Å²) < 4.78 is 19.3. The summed E-state index contributed by atoms with van der Waals surface area (Å²) in [7, 11) is 0. The van der Waals surface area contributed by atoms with E-state index in [0.29, 0.717) is 16.3 Å². The minimum absolute atomic E-state index is 0.0802. The second kappa shape index (κ2) is 5.33. The smallest absolute Gasteiger partial charge is 0.256 e. The standard InChI is InChI=1S/C13H12ClFN2O/c1-8-6-10(14)2-3-11(8)18-13-12(15)9(7-16)4-5-17-13/h2-6H,7,16H2,1H3. The van der Waals surface area contributed by atoms with Crippen molar-refractivity contribution in [2.75, 3.05) is 0 Å². The van der Waals surface area contributed by atoms with Crippen LogP contribution in [0.4, 0.5) is 4.39 Å². The lowest BCUT2D eigenvalue weighted by atomic mass is 10.2. The van der Waals surface area contributed by atoms with E-state index in [1.807, 2.05) is 6.92 Å². The summed E-state index contributed by atoms with van der Waals surface area (Å²) in [5.74, 6) is -0.0994. The van der Waals surface area contributed by atoms with Crippen LogP contribution in [0.2, 0.25) is 5.02 Å². The minimum atomic E-state index is -0.533. The molecule has 0 saturated heterocycles. The van der Waals surface area contributed by atoms with Gasteiger partial charge >= 0.3 is 0 Å². The first-order chi connectivity index (χ1) is 8.61. The van der Waals surface area contributed by atoms with Gasteiger partial charge in [0, 0.05) is 23.3 Å². The van der Waals surface area contributed by atoms with Crippen LogP contribution in [0, 0.1) is 12.7 Å². The Labute approximate surface area is 109 Å². The molecule has 1 aromatic heterocycles. The molecular formula is C13H12ClFN2O.